The van der Waals surface area contributed by atoms with Gasteiger partial charge in [-0.05, 0) is 38.3 Å². The van der Waals surface area contributed by atoms with Gasteiger partial charge in [0.15, 0.2) is 6.29 Å². The second kappa shape index (κ2) is 6.01. The van der Waals surface area contributed by atoms with Crippen LogP contribution >= 0.6 is 0 Å². The number of rotatable bonds is 4. The summed E-state index contributed by atoms with van der Waals surface area (Å²) in [4.78, 5) is 11.0. The maximum Gasteiger partial charge on any atom is 0.153 e. The molecular formula is C15H20O3. The predicted octanol–water partition coefficient (Wildman–Crippen LogP) is 3.14. The van der Waals surface area contributed by atoms with Gasteiger partial charge in [-0.2, -0.15) is 0 Å². The van der Waals surface area contributed by atoms with Crippen LogP contribution in [-0.2, 0) is 4.74 Å². The van der Waals surface area contributed by atoms with Crippen molar-refractivity contribution in [1.82, 2.24) is 0 Å². The molecule has 98 valence electrons. The molecule has 3 nitrogen and oxygen atoms in total. The Balaban J connectivity index is 2.06. The van der Waals surface area contributed by atoms with Gasteiger partial charge in [-0.15, -0.1) is 0 Å². The molecule has 3 heteroatoms. The van der Waals surface area contributed by atoms with Crippen LogP contribution in [0.25, 0.3) is 0 Å². The van der Waals surface area contributed by atoms with Crippen LogP contribution in [0.4, 0.5) is 0 Å². The maximum atomic E-state index is 11.0. The van der Waals surface area contributed by atoms with Crippen LogP contribution in [-0.4, -0.2) is 25.6 Å². The van der Waals surface area contributed by atoms with E-state index in [-0.39, 0.29) is 12.2 Å². The first-order valence-electron chi connectivity index (χ1n) is 6.48. The van der Waals surface area contributed by atoms with E-state index in [2.05, 4.69) is 0 Å². The molecule has 0 N–H and O–H groups in total. The van der Waals surface area contributed by atoms with Crippen LogP contribution in [0.3, 0.4) is 0 Å². The summed E-state index contributed by atoms with van der Waals surface area (Å²) in [7, 11) is 1.75. The fourth-order valence-corrected chi connectivity index (χ4v) is 2.47. The Morgan fingerprint density at radius 3 is 2.78 bits per heavy atom. The molecule has 0 radical (unpaired) electrons. The van der Waals surface area contributed by atoms with Crippen molar-refractivity contribution >= 4 is 6.29 Å². The smallest absolute Gasteiger partial charge is 0.153 e. The van der Waals surface area contributed by atoms with Gasteiger partial charge in [0.25, 0.3) is 0 Å². The number of hydrogen-bond donors (Lipinski definition) is 0. The molecule has 0 bridgehead atoms. The third-order valence-electron chi connectivity index (χ3n) is 3.50. The molecule has 1 aromatic carbocycles. The fourth-order valence-electron chi connectivity index (χ4n) is 2.47. The van der Waals surface area contributed by atoms with Gasteiger partial charge in [0.1, 0.15) is 11.9 Å². The molecule has 0 saturated heterocycles. The molecule has 0 amide bonds. The van der Waals surface area contributed by atoms with Gasteiger partial charge in [0.2, 0.25) is 0 Å². The van der Waals surface area contributed by atoms with Crippen molar-refractivity contribution in [2.45, 2.75) is 44.8 Å². The Hall–Kier alpha value is -1.35. The fraction of sp³-hybridized carbons (Fsp3) is 0.533. The average molecular weight is 248 g/mol. The second-order valence-corrected chi connectivity index (χ2v) is 4.92. The summed E-state index contributed by atoms with van der Waals surface area (Å²) in [5, 5.41) is 0. The minimum absolute atomic E-state index is 0.158. The SMILES string of the molecule is COC1CCCC(Oc2ccc(C)cc2C=O)C1. The number of carbonyl (C=O) groups is 1. The number of benzene rings is 1. The van der Waals surface area contributed by atoms with Crippen LogP contribution in [0, 0.1) is 6.92 Å². The quantitative estimate of drug-likeness (QED) is 0.768. The van der Waals surface area contributed by atoms with E-state index in [0.717, 1.165) is 37.5 Å². The predicted molar refractivity (Wildman–Crippen MR) is 70.2 cm³/mol. The first kappa shape index (κ1) is 13.1. The molecule has 0 aliphatic heterocycles. The van der Waals surface area contributed by atoms with Crippen molar-refractivity contribution < 1.29 is 14.3 Å². The van der Waals surface area contributed by atoms with Crippen LogP contribution in [0.5, 0.6) is 5.75 Å². The van der Waals surface area contributed by atoms with Crippen molar-refractivity contribution in [3.05, 3.63) is 29.3 Å². The first-order chi connectivity index (χ1) is 8.72. The molecule has 2 unspecified atom stereocenters. The van der Waals surface area contributed by atoms with Crippen LogP contribution in [0.2, 0.25) is 0 Å². The summed E-state index contributed by atoms with van der Waals surface area (Å²) >= 11 is 0. The zero-order valence-corrected chi connectivity index (χ0v) is 11.0. The lowest BCUT2D eigenvalue weighted by atomic mass is 9.95. The minimum Gasteiger partial charge on any atom is -0.490 e. The number of methoxy groups -OCH3 is 1. The van der Waals surface area contributed by atoms with E-state index in [0.29, 0.717) is 11.3 Å². The zero-order chi connectivity index (χ0) is 13.0. The van der Waals surface area contributed by atoms with Crippen molar-refractivity contribution in [2.75, 3.05) is 7.11 Å². The summed E-state index contributed by atoms with van der Waals surface area (Å²) in [6.45, 7) is 1.97. The van der Waals surface area contributed by atoms with Gasteiger partial charge in [0.05, 0.1) is 11.7 Å². The molecular weight excluding hydrogens is 228 g/mol. The summed E-state index contributed by atoms with van der Waals surface area (Å²) in [6.07, 6.45) is 5.46. The number of aldehydes is 1. The van der Waals surface area contributed by atoms with Crippen LogP contribution in [0.15, 0.2) is 18.2 Å². The van der Waals surface area contributed by atoms with Gasteiger partial charge in [-0.3, -0.25) is 4.79 Å². The summed E-state index contributed by atoms with van der Waals surface area (Å²) in [5.74, 6) is 0.692. The molecule has 1 aromatic rings. The van der Waals surface area contributed by atoms with Crippen molar-refractivity contribution in [1.29, 1.82) is 0 Å². The molecule has 0 heterocycles. The van der Waals surface area contributed by atoms with Gasteiger partial charge in [-0.25, -0.2) is 0 Å². The molecule has 18 heavy (non-hydrogen) atoms. The lowest BCUT2D eigenvalue weighted by molar-refractivity contribution is 0.0208. The van der Waals surface area contributed by atoms with E-state index in [1.165, 1.54) is 0 Å². The number of carbonyl (C=O) groups excluding carboxylic acids is 1. The number of ether oxygens (including phenoxy) is 2. The largest absolute Gasteiger partial charge is 0.490 e. The Morgan fingerprint density at radius 2 is 2.06 bits per heavy atom. The van der Waals surface area contributed by atoms with E-state index >= 15 is 0 Å². The molecule has 2 rings (SSSR count). The van der Waals surface area contributed by atoms with E-state index < -0.39 is 0 Å². The highest BCUT2D eigenvalue weighted by Gasteiger charge is 2.23. The first-order valence-corrected chi connectivity index (χ1v) is 6.48. The lowest BCUT2D eigenvalue weighted by Gasteiger charge is -2.29. The van der Waals surface area contributed by atoms with E-state index in [9.17, 15) is 4.79 Å². The molecule has 1 aliphatic carbocycles. The molecule has 1 aliphatic rings. The van der Waals surface area contributed by atoms with Gasteiger partial charge < -0.3 is 9.47 Å². The van der Waals surface area contributed by atoms with E-state index in [1.54, 1.807) is 7.11 Å². The van der Waals surface area contributed by atoms with Crippen molar-refractivity contribution in [2.24, 2.45) is 0 Å². The Kier molecular flexibility index (Phi) is 4.37. The highest BCUT2D eigenvalue weighted by atomic mass is 16.5. The number of aryl methyl sites for hydroxylation is 1. The maximum absolute atomic E-state index is 11.0. The number of hydrogen-bond acceptors (Lipinski definition) is 3. The summed E-state index contributed by atoms with van der Waals surface area (Å²) < 4.78 is 11.3. The molecule has 1 saturated carbocycles. The molecule has 0 aromatic heterocycles. The van der Waals surface area contributed by atoms with Gasteiger partial charge in [-0.1, -0.05) is 11.6 Å². The zero-order valence-electron chi connectivity index (χ0n) is 11.0. The highest BCUT2D eigenvalue weighted by molar-refractivity contribution is 5.79. The van der Waals surface area contributed by atoms with E-state index in [4.69, 9.17) is 9.47 Å². The average Bonchev–Trinajstić information content (AvgIpc) is 2.41. The second-order valence-electron chi connectivity index (χ2n) is 4.92. The van der Waals surface area contributed by atoms with Crippen LogP contribution < -0.4 is 4.74 Å². The summed E-state index contributed by atoms with van der Waals surface area (Å²) in [5.41, 5.74) is 1.71. The van der Waals surface area contributed by atoms with Crippen LogP contribution in [0.1, 0.15) is 41.6 Å². The van der Waals surface area contributed by atoms with Crippen molar-refractivity contribution in [3.8, 4) is 5.75 Å². The van der Waals surface area contributed by atoms with Gasteiger partial charge >= 0.3 is 0 Å². The highest BCUT2D eigenvalue weighted by Crippen LogP contribution is 2.27. The third-order valence-corrected chi connectivity index (χ3v) is 3.50. The standard InChI is InChI=1S/C15H20O3/c1-11-6-7-15(12(8-11)10-16)18-14-5-3-4-13(9-14)17-2/h6-8,10,13-14H,3-5,9H2,1-2H3. The molecule has 1 fully saturated rings. The summed E-state index contributed by atoms with van der Waals surface area (Å²) in [6, 6.07) is 5.72. The topological polar surface area (TPSA) is 35.5 Å². The third kappa shape index (κ3) is 3.10. The Morgan fingerprint density at radius 1 is 1.28 bits per heavy atom. The molecule has 2 atom stereocenters. The Bertz CT molecular complexity index is 414. The Labute approximate surface area is 108 Å². The lowest BCUT2D eigenvalue weighted by Crippen LogP contribution is -2.29. The molecule has 0 spiro atoms. The van der Waals surface area contributed by atoms with Gasteiger partial charge in [0, 0.05) is 13.5 Å². The normalized spacial score (nSPS) is 23.7. The van der Waals surface area contributed by atoms with E-state index in [1.807, 2.05) is 25.1 Å². The monoisotopic (exact) mass is 248 g/mol. The van der Waals surface area contributed by atoms with Crippen molar-refractivity contribution in [3.63, 3.8) is 0 Å². The minimum atomic E-state index is 0.158.